The van der Waals surface area contributed by atoms with Gasteiger partial charge in [-0.25, -0.2) is 4.98 Å². The zero-order valence-electron chi connectivity index (χ0n) is 26.9. The Hall–Kier alpha value is -4.09. The van der Waals surface area contributed by atoms with Gasteiger partial charge in [0.2, 0.25) is 11.8 Å². The molecule has 0 radical (unpaired) electrons. The zero-order valence-corrected chi connectivity index (χ0v) is 27.7. The Kier molecular flexibility index (Phi) is 9.79. The lowest BCUT2D eigenvalue weighted by Crippen LogP contribution is -2.52. The van der Waals surface area contributed by atoms with E-state index < -0.39 is 0 Å². The molecule has 3 amide bonds. The molecule has 1 aliphatic carbocycles. The topological polar surface area (TPSA) is 112 Å². The van der Waals surface area contributed by atoms with Gasteiger partial charge < -0.3 is 15.5 Å². The average molecular weight is 642 g/mol. The number of hydrogen-bond donors (Lipinski definition) is 2. The molecule has 0 spiro atoms. The van der Waals surface area contributed by atoms with Crippen LogP contribution in [0, 0.1) is 12.8 Å². The fraction of sp³-hybridized carbons (Fsp3) is 0.457. The van der Waals surface area contributed by atoms with E-state index in [2.05, 4.69) is 27.6 Å². The fourth-order valence-corrected chi connectivity index (χ4v) is 7.59. The minimum absolute atomic E-state index is 0.00813. The number of carbonyl (C=O) groups is 3. The van der Waals surface area contributed by atoms with Crippen molar-refractivity contribution in [2.45, 2.75) is 65.1 Å². The van der Waals surface area contributed by atoms with Gasteiger partial charge in [-0.15, -0.1) is 11.3 Å². The number of hydrogen-bond acceptors (Lipinski definition) is 7. The van der Waals surface area contributed by atoms with E-state index in [1.165, 1.54) is 19.3 Å². The summed E-state index contributed by atoms with van der Waals surface area (Å²) in [4.78, 5) is 50.0. The number of thiophene rings is 1. The highest BCUT2D eigenvalue weighted by atomic mass is 32.1. The van der Waals surface area contributed by atoms with Crippen LogP contribution in [0.15, 0.2) is 47.8 Å². The number of pyridine rings is 1. The van der Waals surface area contributed by atoms with Crippen LogP contribution in [0.1, 0.15) is 66.3 Å². The number of aryl methyl sites for hydroxylation is 2. The van der Waals surface area contributed by atoms with E-state index in [4.69, 9.17) is 4.98 Å². The lowest BCUT2D eigenvalue weighted by atomic mass is 9.84. The standard InChI is InChI=1S/C35H43N7O3S/c1-23-18-26(40(3)39-23)19-36-31(43)21-42-16-15-41(22-32(42)44)20-28-33(35(45)37-24(2)25-10-5-4-6-11-25)27-12-7-8-13-29(27)38-34(28)30-14-9-17-46-30/h7-9,12-14,17-18,24-25H,4-6,10-11,15-16,19-22H2,1-3H3,(H,36,43)(H,37,45)/t24-/m0/s1. The summed E-state index contributed by atoms with van der Waals surface area (Å²) >= 11 is 1.59. The van der Waals surface area contributed by atoms with Crippen LogP contribution in [0.5, 0.6) is 0 Å². The summed E-state index contributed by atoms with van der Waals surface area (Å²) in [5, 5.41) is 13.4. The Morgan fingerprint density at radius 2 is 1.89 bits per heavy atom. The van der Waals surface area contributed by atoms with Crippen LogP contribution in [0.4, 0.5) is 0 Å². The molecule has 10 nitrogen and oxygen atoms in total. The van der Waals surface area contributed by atoms with Crippen molar-refractivity contribution in [3.8, 4) is 10.6 Å². The summed E-state index contributed by atoms with van der Waals surface area (Å²) in [5.74, 6) is 0.0726. The van der Waals surface area contributed by atoms with Crippen LogP contribution in [0.25, 0.3) is 21.5 Å². The van der Waals surface area contributed by atoms with E-state index in [0.29, 0.717) is 37.7 Å². The Morgan fingerprint density at radius 1 is 1.09 bits per heavy atom. The van der Waals surface area contributed by atoms with Crippen molar-refractivity contribution in [1.82, 2.24) is 35.2 Å². The van der Waals surface area contributed by atoms with Crippen molar-refractivity contribution in [1.29, 1.82) is 0 Å². The maximum absolute atomic E-state index is 14.2. The summed E-state index contributed by atoms with van der Waals surface area (Å²) in [6, 6.07) is 13.9. The van der Waals surface area contributed by atoms with Gasteiger partial charge in [0.25, 0.3) is 5.91 Å². The molecule has 1 aromatic carbocycles. The minimum atomic E-state index is -0.203. The van der Waals surface area contributed by atoms with Crippen LogP contribution in [0.2, 0.25) is 0 Å². The normalized spacial score (nSPS) is 16.9. The third kappa shape index (κ3) is 7.15. The molecule has 0 bridgehead atoms. The van der Waals surface area contributed by atoms with Crippen LogP contribution < -0.4 is 10.6 Å². The molecule has 11 heteroatoms. The van der Waals surface area contributed by atoms with Gasteiger partial charge in [0.15, 0.2) is 0 Å². The number of carbonyl (C=O) groups excluding carboxylic acids is 3. The van der Waals surface area contributed by atoms with Gasteiger partial charge >= 0.3 is 0 Å². The smallest absolute Gasteiger partial charge is 0.252 e. The molecule has 46 heavy (non-hydrogen) atoms. The average Bonchev–Trinajstić information content (AvgIpc) is 3.70. The van der Waals surface area contributed by atoms with Gasteiger partial charge in [-0.1, -0.05) is 43.5 Å². The molecule has 1 saturated heterocycles. The number of fused-ring (bicyclic) bond motifs is 1. The second-order valence-electron chi connectivity index (χ2n) is 12.7. The van der Waals surface area contributed by atoms with Crippen molar-refractivity contribution in [3.05, 3.63) is 70.4 Å². The minimum Gasteiger partial charge on any atom is -0.349 e. The molecule has 2 aliphatic rings. The molecular weight excluding hydrogens is 598 g/mol. The van der Waals surface area contributed by atoms with Crippen molar-refractivity contribution < 1.29 is 14.4 Å². The van der Waals surface area contributed by atoms with E-state index in [1.54, 1.807) is 20.9 Å². The van der Waals surface area contributed by atoms with Gasteiger partial charge in [0.1, 0.15) is 0 Å². The number of benzene rings is 1. The van der Waals surface area contributed by atoms with Gasteiger partial charge in [-0.3, -0.25) is 24.0 Å². The number of nitrogens with zero attached hydrogens (tertiary/aromatic N) is 5. The van der Waals surface area contributed by atoms with E-state index in [9.17, 15) is 14.4 Å². The highest BCUT2D eigenvalue weighted by Gasteiger charge is 2.30. The first-order chi connectivity index (χ1) is 22.3. The summed E-state index contributed by atoms with van der Waals surface area (Å²) < 4.78 is 1.75. The molecule has 4 heterocycles. The lowest BCUT2D eigenvalue weighted by molar-refractivity contribution is -0.140. The van der Waals surface area contributed by atoms with Crippen molar-refractivity contribution in [3.63, 3.8) is 0 Å². The first kappa shape index (κ1) is 31.9. The van der Waals surface area contributed by atoms with E-state index in [-0.39, 0.29) is 36.9 Å². The third-order valence-electron chi connectivity index (χ3n) is 9.37. The zero-order chi connectivity index (χ0) is 32.2. The number of rotatable bonds is 10. The molecule has 3 aromatic heterocycles. The molecule has 1 atom stereocenters. The van der Waals surface area contributed by atoms with Gasteiger partial charge in [-0.2, -0.15) is 5.10 Å². The van der Waals surface area contributed by atoms with Crippen molar-refractivity contribution in [2.75, 3.05) is 26.2 Å². The number of para-hydroxylation sites is 1. The summed E-state index contributed by atoms with van der Waals surface area (Å²) in [6.45, 7) is 5.96. The van der Waals surface area contributed by atoms with Crippen LogP contribution >= 0.6 is 11.3 Å². The van der Waals surface area contributed by atoms with E-state index in [0.717, 1.165) is 51.3 Å². The van der Waals surface area contributed by atoms with E-state index in [1.807, 2.05) is 61.8 Å². The summed E-state index contributed by atoms with van der Waals surface area (Å²) in [7, 11) is 1.85. The SMILES string of the molecule is Cc1cc(CNC(=O)CN2CCN(Cc3c(-c4cccs4)nc4ccccc4c3C(=O)N[C@@H](C)C3CCCCC3)CC2=O)n(C)n1. The monoisotopic (exact) mass is 641 g/mol. The van der Waals surface area contributed by atoms with Gasteiger partial charge in [-0.05, 0) is 56.2 Å². The first-order valence-electron chi connectivity index (χ1n) is 16.3. The predicted molar refractivity (Wildman–Crippen MR) is 180 cm³/mol. The maximum Gasteiger partial charge on any atom is 0.252 e. The number of aromatic nitrogens is 3. The fourth-order valence-electron chi connectivity index (χ4n) is 6.84. The lowest BCUT2D eigenvalue weighted by Gasteiger charge is -2.34. The molecule has 2 fully saturated rings. The third-order valence-corrected chi connectivity index (χ3v) is 10.2. The second-order valence-corrected chi connectivity index (χ2v) is 13.6. The molecule has 6 rings (SSSR count). The van der Waals surface area contributed by atoms with Crippen LogP contribution in [-0.4, -0.2) is 74.5 Å². The predicted octanol–water partition coefficient (Wildman–Crippen LogP) is 4.66. The first-order valence-corrected chi connectivity index (χ1v) is 17.2. The van der Waals surface area contributed by atoms with Crippen LogP contribution in [0.3, 0.4) is 0 Å². The quantitative estimate of drug-likeness (QED) is 0.261. The maximum atomic E-state index is 14.2. The highest BCUT2D eigenvalue weighted by Crippen LogP contribution is 2.34. The Bertz CT molecular complexity index is 1710. The Labute approximate surface area is 274 Å². The van der Waals surface area contributed by atoms with Crippen LogP contribution in [-0.2, 0) is 29.7 Å². The van der Waals surface area contributed by atoms with E-state index >= 15 is 0 Å². The molecule has 1 saturated carbocycles. The largest absolute Gasteiger partial charge is 0.349 e. The molecule has 1 aliphatic heterocycles. The molecule has 0 unspecified atom stereocenters. The van der Waals surface area contributed by atoms with Crippen molar-refractivity contribution in [2.24, 2.45) is 13.0 Å². The number of piperazine rings is 1. The van der Waals surface area contributed by atoms with Gasteiger partial charge in [0, 0.05) is 43.7 Å². The number of nitrogens with one attached hydrogen (secondary N) is 2. The molecular formula is C35H43N7O3S. The Balaban J connectivity index is 1.21. The second kappa shape index (κ2) is 14.1. The van der Waals surface area contributed by atoms with Gasteiger partial charge in [0.05, 0.1) is 52.7 Å². The Morgan fingerprint density at radius 3 is 2.61 bits per heavy atom. The molecule has 242 valence electrons. The summed E-state index contributed by atoms with van der Waals surface area (Å²) in [6.07, 6.45) is 5.96. The summed E-state index contributed by atoms with van der Waals surface area (Å²) in [5.41, 5.74) is 4.82. The number of amides is 3. The molecule has 2 N–H and O–H groups in total. The molecule has 4 aromatic rings. The van der Waals surface area contributed by atoms with Crippen molar-refractivity contribution >= 4 is 40.0 Å². The highest BCUT2D eigenvalue weighted by molar-refractivity contribution is 7.13.